The van der Waals surface area contributed by atoms with E-state index in [9.17, 15) is 14.0 Å². The van der Waals surface area contributed by atoms with Crippen LogP contribution in [0, 0.1) is 5.82 Å². The Bertz CT molecular complexity index is 848. The number of carbonyl (C=O) groups excluding carboxylic acids is 2. The molecule has 0 radical (unpaired) electrons. The number of allylic oxidation sites excluding steroid dienone is 1. The predicted molar refractivity (Wildman–Crippen MR) is 93.6 cm³/mol. The zero-order valence-corrected chi connectivity index (χ0v) is 14.0. The highest BCUT2D eigenvalue weighted by molar-refractivity contribution is 6.30. The molecule has 7 heteroatoms. The van der Waals surface area contributed by atoms with Crippen LogP contribution in [-0.4, -0.2) is 11.9 Å². The minimum atomic E-state index is -0.619. The maximum Gasteiger partial charge on any atom is 0.319 e. The second-order valence-corrected chi connectivity index (χ2v) is 6.02. The van der Waals surface area contributed by atoms with Gasteiger partial charge in [-0.05, 0) is 48.9 Å². The third-order valence-electron chi connectivity index (χ3n) is 3.82. The lowest BCUT2D eigenvalue weighted by atomic mass is 9.95. The van der Waals surface area contributed by atoms with Crippen LogP contribution in [0.25, 0.3) is 0 Å². The number of benzene rings is 2. The molecule has 1 atom stereocenters. The van der Waals surface area contributed by atoms with E-state index in [1.54, 1.807) is 31.2 Å². The highest BCUT2D eigenvalue weighted by atomic mass is 35.5. The molecule has 5 nitrogen and oxygen atoms in total. The highest BCUT2D eigenvalue weighted by Crippen LogP contribution is 2.28. The van der Waals surface area contributed by atoms with Gasteiger partial charge in [-0.15, -0.1) is 0 Å². The number of anilines is 1. The zero-order valence-electron chi connectivity index (χ0n) is 13.3. The minimum Gasteiger partial charge on any atom is -0.327 e. The van der Waals surface area contributed by atoms with Gasteiger partial charge in [0.15, 0.2) is 0 Å². The molecule has 0 fully saturated rings. The summed E-state index contributed by atoms with van der Waals surface area (Å²) in [4.78, 5) is 24.6. The third-order valence-corrected chi connectivity index (χ3v) is 4.07. The van der Waals surface area contributed by atoms with E-state index in [2.05, 4.69) is 16.0 Å². The number of carbonyl (C=O) groups is 2. The molecule has 0 aromatic heterocycles. The fraction of sp³-hybridized carbons (Fsp3) is 0.111. The molecule has 3 amide bonds. The molecular weight excluding hydrogens is 345 g/mol. The predicted octanol–water partition coefficient (Wildman–Crippen LogP) is 3.75. The summed E-state index contributed by atoms with van der Waals surface area (Å²) >= 11 is 5.91. The van der Waals surface area contributed by atoms with Crippen molar-refractivity contribution in [2.45, 2.75) is 13.0 Å². The van der Waals surface area contributed by atoms with Crippen LogP contribution >= 0.6 is 11.6 Å². The van der Waals surface area contributed by atoms with Crippen LogP contribution in [-0.2, 0) is 4.79 Å². The molecule has 3 rings (SSSR count). The van der Waals surface area contributed by atoms with Crippen LogP contribution in [0.2, 0.25) is 5.02 Å². The largest absolute Gasteiger partial charge is 0.327 e. The first-order chi connectivity index (χ1) is 11.9. The molecule has 1 aliphatic rings. The van der Waals surface area contributed by atoms with Crippen molar-refractivity contribution < 1.29 is 14.0 Å². The van der Waals surface area contributed by atoms with Gasteiger partial charge in [-0.2, -0.15) is 0 Å². The van der Waals surface area contributed by atoms with Crippen LogP contribution in [0.15, 0.2) is 59.8 Å². The number of halogens is 2. The van der Waals surface area contributed by atoms with Crippen LogP contribution < -0.4 is 16.0 Å². The van der Waals surface area contributed by atoms with Crippen molar-refractivity contribution in [3.63, 3.8) is 0 Å². The standard InChI is InChI=1S/C18H15ClFN3O2/c1-10-15(17(24)22-14-8-6-13(20)7-9-14)16(23-18(25)21-10)11-2-4-12(19)5-3-11/h2-9,16H,1H3,(H,22,24)(H2,21,23,25)/t16-/m0/s1. The van der Waals surface area contributed by atoms with Gasteiger partial charge in [0.05, 0.1) is 11.6 Å². The molecule has 2 aromatic carbocycles. The number of urea groups is 1. The van der Waals surface area contributed by atoms with Gasteiger partial charge in [0, 0.05) is 16.4 Å². The summed E-state index contributed by atoms with van der Waals surface area (Å²) in [5.41, 5.74) is 2.00. The summed E-state index contributed by atoms with van der Waals surface area (Å²) in [5, 5.41) is 8.61. The van der Waals surface area contributed by atoms with Crippen molar-refractivity contribution in [2.75, 3.05) is 5.32 Å². The van der Waals surface area contributed by atoms with Gasteiger partial charge < -0.3 is 16.0 Å². The fourth-order valence-electron chi connectivity index (χ4n) is 2.63. The van der Waals surface area contributed by atoms with E-state index in [1.807, 2.05) is 0 Å². The third kappa shape index (κ3) is 3.80. The summed E-state index contributed by atoms with van der Waals surface area (Å²) in [6, 6.07) is 11.3. The summed E-state index contributed by atoms with van der Waals surface area (Å²) in [7, 11) is 0. The molecular formula is C18H15ClFN3O2. The molecule has 0 saturated carbocycles. The number of hydrogen-bond donors (Lipinski definition) is 3. The summed E-state index contributed by atoms with van der Waals surface area (Å²) in [6.07, 6.45) is 0. The monoisotopic (exact) mass is 359 g/mol. The minimum absolute atomic E-state index is 0.367. The summed E-state index contributed by atoms with van der Waals surface area (Å²) < 4.78 is 13.0. The molecule has 1 aliphatic heterocycles. The lowest BCUT2D eigenvalue weighted by Gasteiger charge is -2.28. The fourth-order valence-corrected chi connectivity index (χ4v) is 2.76. The second-order valence-electron chi connectivity index (χ2n) is 5.58. The Morgan fingerprint density at radius 3 is 2.40 bits per heavy atom. The van der Waals surface area contributed by atoms with E-state index in [0.717, 1.165) is 5.56 Å². The van der Waals surface area contributed by atoms with Crippen molar-refractivity contribution in [1.29, 1.82) is 0 Å². The highest BCUT2D eigenvalue weighted by Gasteiger charge is 2.31. The van der Waals surface area contributed by atoms with E-state index >= 15 is 0 Å². The Kier molecular flexibility index (Phi) is 4.72. The van der Waals surface area contributed by atoms with Gasteiger partial charge in [-0.1, -0.05) is 23.7 Å². The zero-order chi connectivity index (χ0) is 18.0. The molecule has 1 heterocycles. The smallest absolute Gasteiger partial charge is 0.319 e. The summed E-state index contributed by atoms with van der Waals surface area (Å²) in [5.74, 6) is -0.782. The Labute approximate surface area is 148 Å². The maximum absolute atomic E-state index is 13.0. The molecule has 3 N–H and O–H groups in total. The van der Waals surface area contributed by atoms with Crippen molar-refractivity contribution in [3.8, 4) is 0 Å². The quantitative estimate of drug-likeness (QED) is 0.781. The van der Waals surface area contributed by atoms with Crippen LogP contribution in [0.1, 0.15) is 18.5 Å². The molecule has 25 heavy (non-hydrogen) atoms. The number of nitrogens with one attached hydrogen (secondary N) is 3. The molecule has 0 aliphatic carbocycles. The second kappa shape index (κ2) is 6.94. The molecule has 0 spiro atoms. The molecule has 0 bridgehead atoms. The van der Waals surface area contributed by atoms with Crippen LogP contribution in [0.3, 0.4) is 0 Å². The van der Waals surface area contributed by atoms with E-state index in [-0.39, 0.29) is 5.82 Å². The SMILES string of the molecule is CC1=C(C(=O)Nc2ccc(F)cc2)[C@H](c2ccc(Cl)cc2)NC(=O)N1. The lowest BCUT2D eigenvalue weighted by molar-refractivity contribution is -0.113. The number of rotatable bonds is 3. The summed E-state index contributed by atoms with van der Waals surface area (Å²) in [6.45, 7) is 1.65. The van der Waals surface area contributed by atoms with Crippen molar-refractivity contribution in [2.24, 2.45) is 0 Å². The molecule has 0 unspecified atom stereocenters. The Hall–Kier alpha value is -2.86. The average molecular weight is 360 g/mol. The van der Waals surface area contributed by atoms with Gasteiger partial charge in [-0.25, -0.2) is 9.18 Å². The first kappa shape index (κ1) is 17.0. The molecule has 0 saturated heterocycles. The average Bonchev–Trinajstić information content (AvgIpc) is 2.57. The van der Waals surface area contributed by atoms with Gasteiger partial charge in [-0.3, -0.25) is 4.79 Å². The van der Waals surface area contributed by atoms with Crippen molar-refractivity contribution in [1.82, 2.24) is 10.6 Å². The molecule has 128 valence electrons. The Balaban J connectivity index is 1.92. The lowest BCUT2D eigenvalue weighted by Crippen LogP contribution is -2.45. The van der Waals surface area contributed by atoms with E-state index in [1.165, 1.54) is 24.3 Å². The van der Waals surface area contributed by atoms with E-state index in [0.29, 0.717) is 22.0 Å². The van der Waals surface area contributed by atoms with Crippen molar-refractivity contribution in [3.05, 3.63) is 76.2 Å². The van der Waals surface area contributed by atoms with Gasteiger partial charge in [0.25, 0.3) is 5.91 Å². The van der Waals surface area contributed by atoms with Gasteiger partial charge >= 0.3 is 6.03 Å². The Morgan fingerprint density at radius 2 is 1.76 bits per heavy atom. The first-order valence-electron chi connectivity index (χ1n) is 7.54. The normalized spacial score (nSPS) is 16.9. The van der Waals surface area contributed by atoms with Crippen molar-refractivity contribution >= 4 is 29.2 Å². The first-order valence-corrected chi connectivity index (χ1v) is 7.92. The Morgan fingerprint density at radius 1 is 1.12 bits per heavy atom. The van der Waals surface area contributed by atoms with Crippen LogP contribution in [0.5, 0.6) is 0 Å². The number of amides is 3. The van der Waals surface area contributed by atoms with E-state index in [4.69, 9.17) is 11.6 Å². The van der Waals surface area contributed by atoms with Gasteiger partial charge in [0.1, 0.15) is 5.82 Å². The number of hydrogen-bond acceptors (Lipinski definition) is 2. The van der Waals surface area contributed by atoms with E-state index < -0.39 is 18.0 Å². The van der Waals surface area contributed by atoms with Crippen LogP contribution in [0.4, 0.5) is 14.9 Å². The topological polar surface area (TPSA) is 70.2 Å². The molecule has 2 aromatic rings. The van der Waals surface area contributed by atoms with Gasteiger partial charge in [0.2, 0.25) is 0 Å². The maximum atomic E-state index is 13.0.